The molecule has 236 valence electrons. The van der Waals surface area contributed by atoms with Crippen molar-refractivity contribution in [3.05, 3.63) is 87.9 Å². The van der Waals surface area contributed by atoms with Gasteiger partial charge in [-0.2, -0.15) is 0 Å². The van der Waals surface area contributed by atoms with E-state index in [0.717, 1.165) is 54.5 Å². The predicted molar refractivity (Wildman–Crippen MR) is 179 cm³/mol. The van der Waals surface area contributed by atoms with Gasteiger partial charge in [0.2, 0.25) is 5.91 Å². The van der Waals surface area contributed by atoms with Gasteiger partial charge in [-0.05, 0) is 117 Å². The number of hydrogen-bond donors (Lipinski definition) is 1. The molecule has 4 atom stereocenters. The number of anilines is 1. The van der Waals surface area contributed by atoms with Crippen LogP contribution in [0, 0.1) is 5.92 Å². The number of nitrogens with zero attached hydrogens (tertiary/aromatic N) is 1. The Hall–Kier alpha value is -3.35. The Balaban J connectivity index is 1.72. The van der Waals surface area contributed by atoms with Gasteiger partial charge in [-0.15, -0.1) is 0 Å². The molecule has 44 heavy (non-hydrogen) atoms. The van der Waals surface area contributed by atoms with Gasteiger partial charge in [0.15, 0.2) is 11.5 Å². The molecular formula is C37H47ClN2O4. The fraction of sp³-hybridized carbons (Fsp3) is 0.459. The highest BCUT2D eigenvalue weighted by Crippen LogP contribution is 2.44. The number of Topliss-reactive ketones (excluding diaryl/α,β-unsaturated/α-hetero) is 1. The van der Waals surface area contributed by atoms with Crippen LogP contribution in [-0.4, -0.2) is 31.4 Å². The number of amides is 1. The van der Waals surface area contributed by atoms with Gasteiger partial charge < -0.3 is 24.9 Å². The molecule has 0 saturated heterocycles. The number of ether oxygens (including phenoxy) is 2. The number of nitrogens with two attached hydrogens (primary N) is 1. The smallest absolute Gasteiger partial charge is 0.232 e. The molecule has 0 spiro atoms. The Labute approximate surface area is 267 Å². The number of rotatable bonds is 15. The molecule has 0 saturated carbocycles. The monoisotopic (exact) mass is 618 g/mol. The summed E-state index contributed by atoms with van der Waals surface area (Å²) in [5.74, 6) is 2.20. The molecule has 0 aliphatic carbocycles. The van der Waals surface area contributed by atoms with Gasteiger partial charge in [0.25, 0.3) is 0 Å². The average Bonchev–Trinajstić information content (AvgIpc) is 3.02. The highest BCUT2D eigenvalue weighted by molar-refractivity contribution is 6.30. The summed E-state index contributed by atoms with van der Waals surface area (Å²) in [7, 11) is 1.63. The number of fused-ring (bicyclic) bond motifs is 1. The summed E-state index contributed by atoms with van der Waals surface area (Å²) in [6.45, 7) is 8.71. The molecule has 1 amide bonds. The van der Waals surface area contributed by atoms with E-state index in [4.69, 9.17) is 26.8 Å². The summed E-state index contributed by atoms with van der Waals surface area (Å²) in [5, 5.41) is 0.641. The van der Waals surface area contributed by atoms with Gasteiger partial charge in [0.1, 0.15) is 5.78 Å². The van der Waals surface area contributed by atoms with Gasteiger partial charge in [0.05, 0.1) is 25.7 Å². The Morgan fingerprint density at radius 3 is 2.34 bits per heavy atom. The number of carbonyl (C=O) groups excluding carboxylic acids is 2. The first-order valence-electron chi connectivity index (χ1n) is 15.9. The van der Waals surface area contributed by atoms with Crippen molar-refractivity contribution in [1.29, 1.82) is 0 Å². The molecule has 0 bridgehead atoms. The van der Waals surface area contributed by atoms with Crippen molar-refractivity contribution in [1.82, 2.24) is 0 Å². The van der Waals surface area contributed by atoms with Crippen molar-refractivity contribution < 1.29 is 19.1 Å². The van der Waals surface area contributed by atoms with Gasteiger partial charge in [-0.3, -0.25) is 4.79 Å². The molecule has 0 fully saturated rings. The lowest BCUT2D eigenvalue weighted by Crippen LogP contribution is -2.41. The lowest BCUT2D eigenvalue weighted by atomic mass is 9.81. The minimum atomic E-state index is -0.364. The molecule has 4 rings (SSSR count). The summed E-state index contributed by atoms with van der Waals surface area (Å²) in [4.78, 5) is 27.6. The maximum Gasteiger partial charge on any atom is 0.232 e. The zero-order valence-corrected chi connectivity index (χ0v) is 27.5. The van der Waals surface area contributed by atoms with Crippen molar-refractivity contribution in [2.45, 2.75) is 90.7 Å². The number of ketones is 1. The SMILES string of the molecule is CCC(C)Oc1cc2c(cc1OC)CC(=O)N(c1ccc(C(C)C(CCCCN)CCC(C)=O)cc1)C2c1ccc(Cl)cc1. The number of carbonyl (C=O) groups is 2. The standard InChI is InChI=1S/C37H47ClN2O4/c1-6-25(3)44-35-23-33-30(21-34(35)43-5)22-36(42)40(37(33)29-12-16-31(38)17-13-29)32-18-14-28(15-19-32)26(4)27(9-7-8-20-39)11-10-24(2)41/h12-19,21,23,25-27,37H,6-11,20,22,39H2,1-5H3. The van der Waals surface area contributed by atoms with E-state index in [1.807, 2.05) is 48.2 Å². The second-order valence-electron chi connectivity index (χ2n) is 12.1. The van der Waals surface area contributed by atoms with E-state index in [1.54, 1.807) is 14.0 Å². The molecule has 3 aromatic carbocycles. The third kappa shape index (κ3) is 8.02. The first-order chi connectivity index (χ1) is 21.2. The summed E-state index contributed by atoms with van der Waals surface area (Å²) in [5.41, 5.74) is 10.7. The minimum Gasteiger partial charge on any atom is -0.493 e. The van der Waals surface area contributed by atoms with Crippen LogP contribution in [0.3, 0.4) is 0 Å². The van der Waals surface area contributed by atoms with Crippen LogP contribution in [-0.2, 0) is 16.0 Å². The predicted octanol–water partition coefficient (Wildman–Crippen LogP) is 8.42. The third-order valence-corrected chi connectivity index (χ3v) is 9.23. The number of benzene rings is 3. The molecule has 7 heteroatoms. The topological polar surface area (TPSA) is 81.9 Å². The third-order valence-electron chi connectivity index (χ3n) is 8.98. The second kappa shape index (κ2) is 15.6. The first-order valence-corrected chi connectivity index (χ1v) is 16.3. The van der Waals surface area contributed by atoms with Gasteiger partial charge in [0, 0.05) is 17.1 Å². The van der Waals surface area contributed by atoms with Crippen LogP contribution >= 0.6 is 11.6 Å². The quantitative estimate of drug-likeness (QED) is 0.173. The van der Waals surface area contributed by atoms with Crippen LogP contribution in [0.5, 0.6) is 11.5 Å². The van der Waals surface area contributed by atoms with E-state index in [9.17, 15) is 9.59 Å². The second-order valence-corrected chi connectivity index (χ2v) is 12.5. The van der Waals surface area contributed by atoms with E-state index in [2.05, 4.69) is 38.1 Å². The average molecular weight is 619 g/mol. The van der Waals surface area contributed by atoms with Crippen LogP contribution < -0.4 is 20.1 Å². The molecule has 0 radical (unpaired) electrons. The summed E-state index contributed by atoms with van der Waals surface area (Å²) in [6.07, 6.45) is 5.67. The van der Waals surface area contributed by atoms with Crippen LogP contribution in [0.15, 0.2) is 60.7 Å². The molecule has 2 N–H and O–H groups in total. The Morgan fingerprint density at radius 2 is 1.73 bits per heavy atom. The van der Waals surface area contributed by atoms with Crippen molar-refractivity contribution >= 4 is 29.0 Å². The molecule has 1 heterocycles. The van der Waals surface area contributed by atoms with Crippen LogP contribution in [0.4, 0.5) is 5.69 Å². The van der Waals surface area contributed by atoms with E-state index < -0.39 is 0 Å². The molecule has 0 aromatic heterocycles. The molecule has 6 nitrogen and oxygen atoms in total. The van der Waals surface area contributed by atoms with E-state index >= 15 is 0 Å². The van der Waals surface area contributed by atoms with E-state index in [-0.39, 0.29) is 36.2 Å². The highest BCUT2D eigenvalue weighted by Gasteiger charge is 2.36. The van der Waals surface area contributed by atoms with Crippen molar-refractivity contribution in [3.63, 3.8) is 0 Å². The summed E-state index contributed by atoms with van der Waals surface area (Å²) in [6, 6.07) is 19.7. The lowest BCUT2D eigenvalue weighted by molar-refractivity contribution is -0.119. The zero-order valence-electron chi connectivity index (χ0n) is 26.8. The van der Waals surface area contributed by atoms with Crippen LogP contribution in [0.1, 0.15) is 100 Å². The Morgan fingerprint density at radius 1 is 1.02 bits per heavy atom. The Bertz CT molecular complexity index is 1410. The molecule has 1 aliphatic rings. The highest BCUT2D eigenvalue weighted by atomic mass is 35.5. The number of unbranched alkanes of at least 4 members (excludes halogenated alkanes) is 1. The first kappa shape index (κ1) is 33.5. The fourth-order valence-electron chi connectivity index (χ4n) is 6.17. The van der Waals surface area contributed by atoms with Crippen molar-refractivity contribution in [3.8, 4) is 11.5 Å². The number of hydrogen-bond acceptors (Lipinski definition) is 5. The molecule has 4 unspecified atom stereocenters. The van der Waals surface area contributed by atoms with Crippen molar-refractivity contribution in [2.24, 2.45) is 11.7 Å². The summed E-state index contributed by atoms with van der Waals surface area (Å²) >= 11 is 6.28. The lowest BCUT2D eigenvalue weighted by Gasteiger charge is -2.38. The van der Waals surface area contributed by atoms with Gasteiger partial charge in [-0.1, -0.05) is 56.1 Å². The van der Waals surface area contributed by atoms with Crippen LogP contribution in [0.25, 0.3) is 0 Å². The van der Waals surface area contributed by atoms with E-state index in [1.165, 1.54) is 5.56 Å². The zero-order chi connectivity index (χ0) is 31.8. The summed E-state index contributed by atoms with van der Waals surface area (Å²) < 4.78 is 12.0. The largest absolute Gasteiger partial charge is 0.493 e. The molecule has 1 aliphatic heterocycles. The number of methoxy groups -OCH3 is 1. The maximum absolute atomic E-state index is 13.9. The molecular weight excluding hydrogens is 572 g/mol. The minimum absolute atomic E-state index is 0.0111. The van der Waals surface area contributed by atoms with Gasteiger partial charge in [-0.25, -0.2) is 0 Å². The van der Waals surface area contributed by atoms with Crippen LogP contribution in [0.2, 0.25) is 5.02 Å². The van der Waals surface area contributed by atoms with E-state index in [0.29, 0.717) is 35.4 Å². The number of halogens is 1. The van der Waals surface area contributed by atoms with Gasteiger partial charge >= 0.3 is 0 Å². The maximum atomic E-state index is 13.9. The Kier molecular flexibility index (Phi) is 11.9. The normalized spacial score (nSPS) is 16.7. The molecule has 3 aromatic rings. The fourth-order valence-corrected chi connectivity index (χ4v) is 6.30. The van der Waals surface area contributed by atoms with Crippen molar-refractivity contribution in [2.75, 3.05) is 18.6 Å².